The molecule has 7 aromatic carbocycles. The molecule has 1 fully saturated rings. The summed E-state index contributed by atoms with van der Waals surface area (Å²) in [5, 5.41) is 2.81. The molecule has 9 rings (SSSR count). The van der Waals surface area contributed by atoms with Gasteiger partial charge in [0.2, 0.25) is 0 Å². The van der Waals surface area contributed by atoms with Crippen LogP contribution in [0.1, 0.15) is 65.8 Å². The molecule has 7 nitrogen and oxygen atoms in total. The van der Waals surface area contributed by atoms with Crippen LogP contribution < -0.4 is 15.1 Å². The fourth-order valence-corrected chi connectivity index (χ4v) is 14.6. The Morgan fingerprint density at radius 1 is 0.544 bits per heavy atom. The Hall–Kier alpha value is -5.39. The van der Waals surface area contributed by atoms with Crippen molar-refractivity contribution < 1.29 is 32.8 Å². The molecular formula is C59H61ClO7Si. The number of fused-ring (bicyclic) bond motifs is 1. The first-order chi connectivity index (χ1) is 33.3. The third-order valence-electron chi connectivity index (χ3n) is 13.1. The topological polar surface area (TPSA) is 64.6 Å². The van der Waals surface area contributed by atoms with Gasteiger partial charge in [0.05, 0.1) is 51.3 Å². The maximum atomic E-state index is 7.56. The van der Waals surface area contributed by atoms with Crippen molar-refractivity contribution >= 4 is 30.3 Å². The Bertz CT molecular complexity index is 2590. The van der Waals surface area contributed by atoms with E-state index in [-0.39, 0.29) is 18.3 Å². The molecule has 2 aliphatic heterocycles. The fraction of sp³-hybridized carbons (Fsp3) is 0.288. The predicted octanol–water partition coefficient (Wildman–Crippen LogP) is 11.8. The van der Waals surface area contributed by atoms with Crippen LogP contribution in [0.15, 0.2) is 188 Å². The molecule has 0 radical (unpaired) electrons. The Balaban J connectivity index is 1.15. The van der Waals surface area contributed by atoms with Crippen LogP contribution in [0, 0.1) is 0 Å². The molecule has 0 aromatic heterocycles. The lowest BCUT2D eigenvalue weighted by Crippen LogP contribution is -2.66. The summed E-state index contributed by atoms with van der Waals surface area (Å²) in [6.07, 6.45) is -2.48. The molecule has 2 aliphatic rings. The van der Waals surface area contributed by atoms with E-state index in [4.69, 9.17) is 44.4 Å². The van der Waals surface area contributed by atoms with Crippen LogP contribution >= 0.6 is 11.6 Å². The van der Waals surface area contributed by atoms with Gasteiger partial charge in [0, 0.05) is 17.5 Å². The molecule has 7 aromatic rings. The first-order valence-electron chi connectivity index (χ1n) is 23.7. The first kappa shape index (κ1) is 47.7. The first-order valence-corrected chi connectivity index (χ1v) is 26.0. The lowest BCUT2D eigenvalue weighted by Gasteiger charge is -2.47. The average molecular weight is 946 g/mol. The molecule has 1 saturated heterocycles. The highest BCUT2D eigenvalue weighted by molar-refractivity contribution is 6.99. The van der Waals surface area contributed by atoms with Gasteiger partial charge in [-0.05, 0) is 49.3 Å². The minimum absolute atomic E-state index is 0.237. The second-order valence-corrected chi connectivity index (χ2v) is 23.4. The zero-order chi connectivity index (χ0) is 46.8. The van der Waals surface area contributed by atoms with Crippen molar-refractivity contribution in [2.24, 2.45) is 0 Å². The lowest BCUT2D eigenvalue weighted by molar-refractivity contribution is -0.275. The minimum Gasteiger partial charge on any atom is -0.493 e. The standard InChI is InChI=1S/C59H61ClO7Si/c1-59(2,3)68(48-30-18-8-19-31-48,49-32-20-9-21-33-49)66-41-47-36-51(54-50(53(47)60)34-35-62-54)55-57(64-39-45-26-14-6-15-27-45)58(65-40-46-28-16-7-17-29-46)56(63-38-44-24-12-5-13-25-44)52(67-55)42-61-37-43-22-10-4-11-23-43/h4-33,36,52,55-58H,34-35,37-42H2,1-3H3/t52-,55?,56-,57+,58+/m1/s1. The second-order valence-electron chi connectivity index (χ2n) is 18.7. The fourth-order valence-electron chi connectivity index (χ4n) is 9.74. The Kier molecular flexibility index (Phi) is 15.7. The molecule has 0 spiro atoms. The quantitative estimate of drug-likeness (QED) is 0.0748. The summed E-state index contributed by atoms with van der Waals surface area (Å²) < 4.78 is 49.5. The molecule has 9 heteroatoms. The van der Waals surface area contributed by atoms with Gasteiger partial charge in [-0.25, -0.2) is 0 Å². The smallest absolute Gasteiger partial charge is 0.261 e. The molecule has 68 heavy (non-hydrogen) atoms. The van der Waals surface area contributed by atoms with Crippen LogP contribution in [0.5, 0.6) is 5.75 Å². The number of hydrogen-bond acceptors (Lipinski definition) is 7. The van der Waals surface area contributed by atoms with E-state index in [1.54, 1.807) is 0 Å². The van der Waals surface area contributed by atoms with Gasteiger partial charge in [-0.15, -0.1) is 0 Å². The molecule has 0 amide bonds. The van der Waals surface area contributed by atoms with E-state index in [1.807, 2.05) is 72.8 Å². The van der Waals surface area contributed by atoms with Crippen LogP contribution in [-0.4, -0.2) is 45.9 Å². The van der Waals surface area contributed by atoms with E-state index in [0.29, 0.717) is 44.5 Å². The molecule has 0 bridgehead atoms. The molecule has 0 saturated carbocycles. The van der Waals surface area contributed by atoms with Crippen molar-refractivity contribution in [2.75, 3.05) is 13.2 Å². The Labute approximate surface area is 408 Å². The SMILES string of the molecule is CC(C)(C)[Si](OCc1cc(C2O[C@H](COCc3ccccc3)[C@@H](OCc3ccccc3)[C@H](OCc3ccccc3)[C@H]2OCc2ccccc2)c2c(c1Cl)CCO2)(c1ccccc1)c1ccccc1. The molecular weight excluding hydrogens is 884 g/mol. The molecule has 5 atom stereocenters. The van der Waals surface area contributed by atoms with Crippen molar-refractivity contribution in [2.45, 2.75) is 95.8 Å². The van der Waals surface area contributed by atoms with Crippen LogP contribution in [-0.2, 0) is 67.6 Å². The van der Waals surface area contributed by atoms with Crippen LogP contribution in [0.25, 0.3) is 0 Å². The van der Waals surface area contributed by atoms with Gasteiger partial charge in [-0.2, -0.15) is 0 Å². The predicted molar refractivity (Wildman–Crippen MR) is 272 cm³/mol. The molecule has 0 aliphatic carbocycles. The van der Waals surface area contributed by atoms with Gasteiger partial charge in [-0.1, -0.05) is 214 Å². The number of hydrogen-bond donors (Lipinski definition) is 0. The Morgan fingerprint density at radius 3 is 1.47 bits per heavy atom. The van der Waals surface area contributed by atoms with E-state index < -0.39 is 38.8 Å². The van der Waals surface area contributed by atoms with Gasteiger partial charge >= 0.3 is 0 Å². The highest BCUT2D eigenvalue weighted by Crippen LogP contribution is 2.48. The third kappa shape index (κ3) is 10.9. The summed E-state index contributed by atoms with van der Waals surface area (Å²) in [6, 6.07) is 64.4. The largest absolute Gasteiger partial charge is 0.493 e. The lowest BCUT2D eigenvalue weighted by atomic mass is 9.88. The molecule has 0 N–H and O–H groups in total. The van der Waals surface area contributed by atoms with Crippen molar-refractivity contribution in [3.05, 3.63) is 232 Å². The van der Waals surface area contributed by atoms with Gasteiger partial charge in [-0.3, -0.25) is 0 Å². The summed E-state index contributed by atoms with van der Waals surface area (Å²) in [6.45, 7) is 9.27. The summed E-state index contributed by atoms with van der Waals surface area (Å²) >= 11 is 7.52. The van der Waals surface area contributed by atoms with Crippen molar-refractivity contribution in [1.29, 1.82) is 0 Å². The van der Waals surface area contributed by atoms with Crippen molar-refractivity contribution in [3.63, 3.8) is 0 Å². The summed E-state index contributed by atoms with van der Waals surface area (Å²) in [5.41, 5.74) is 6.81. The average Bonchev–Trinajstić information content (AvgIpc) is 3.88. The number of rotatable bonds is 19. The van der Waals surface area contributed by atoms with Crippen LogP contribution in [0.4, 0.5) is 0 Å². The van der Waals surface area contributed by atoms with Crippen LogP contribution in [0.2, 0.25) is 10.1 Å². The summed E-state index contributed by atoms with van der Waals surface area (Å²) in [4.78, 5) is 0. The maximum absolute atomic E-state index is 7.56. The number of halogens is 1. The summed E-state index contributed by atoms with van der Waals surface area (Å²) in [7, 11) is -2.95. The van der Waals surface area contributed by atoms with Gasteiger partial charge in [0.25, 0.3) is 8.32 Å². The monoisotopic (exact) mass is 944 g/mol. The van der Waals surface area contributed by atoms with Crippen molar-refractivity contribution in [1.82, 2.24) is 0 Å². The minimum atomic E-state index is -2.95. The zero-order valence-electron chi connectivity index (χ0n) is 39.2. The molecule has 350 valence electrons. The molecule has 1 unspecified atom stereocenters. The van der Waals surface area contributed by atoms with Gasteiger partial charge in [0.15, 0.2) is 0 Å². The highest BCUT2D eigenvalue weighted by atomic mass is 35.5. The van der Waals surface area contributed by atoms with Crippen LogP contribution in [0.3, 0.4) is 0 Å². The number of benzene rings is 7. The van der Waals surface area contributed by atoms with Gasteiger partial charge < -0.3 is 32.8 Å². The summed E-state index contributed by atoms with van der Waals surface area (Å²) in [5.74, 6) is 0.719. The van der Waals surface area contributed by atoms with E-state index in [2.05, 4.69) is 136 Å². The van der Waals surface area contributed by atoms with Crippen molar-refractivity contribution in [3.8, 4) is 5.75 Å². The maximum Gasteiger partial charge on any atom is 0.261 e. The molecule has 2 heterocycles. The van der Waals surface area contributed by atoms with Gasteiger partial charge in [0.1, 0.15) is 36.3 Å². The number of ether oxygens (including phenoxy) is 6. The van der Waals surface area contributed by atoms with E-state index in [9.17, 15) is 0 Å². The zero-order valence-corrected chi connectivity index (χ0v) is 40.9. The second kappa shape index (κ2) is 22.4. The van der Waals surface area contributed by atoms with E-state index >= 15 is 0 Å². The van der Waals surface area contributed by atoms with E-state index in [0.717, 1.165) is 44.7 Å². The highest BCUT2D eigenvalue weighted by Gasteiger charge is 2.52. The third-order valence-corrected chi connectivity index (χ3v) is 18.5. The Morgan fingerprint density at radius 2 is 0.985 bits per heavy atom. The van der Waals surface area contributed by atoms with E-state index in [1.165, 1.54) is 10.4 Å². The normalized spacial score (nSPS) is 19.3.